The van der Waals surface area contributed by atoms with Crippen LogP contribution < -0.4 is 10.6 Å². The first-order chi connectivity index (χ1) is 15.5. The van der Waals surface area contributed by atoms with E-state index in [1.165, 1.54) is 18.2 Å². The fourth-order valence-corrected chi connectivity index (χ4v) is 4.76. The summed E-state index contributed by atoms with van der Waals surface area (Å²) in [6, 6.07) is 10.3. The lowest BCUT2D eigenvalue weighted by Crippen LogP contribution is -2.33. The molecule has 1 fully saturated rings. The van der Waals surface area contributed by atoms with E-state index in [0.29, 0.717) is 17.1 Å². The number of amidine groups is 1. The van der Waals surface area contributed by atoms with Gasteiger partial charge in [0.1, 0.15) is 11.1 Å². The van der Waals surface area contributed by atoms with Gasteiger partial charge in [0.05, 0.1) is 0 Å². The number of hydrogen-bond acceptors (Lipinski definition) is 6. The van der Waals surface area contributed by atoms with Gasteiger partial charge in [-0.15, -0.1) is 0 Å². The molecule has 0 bridgehead atoms. The zero-order chi connectivity index (χ0) is 22.5. The first-order valence-electron chi connectivity index (χ1n) is 10.7. The second-order valence-corrected chi connectivity index (χ2v) is 9.01. The van der Waals surface area contributed by atoms with Gasteiger partial charge in [0.15, 0.2) is 5.17 Å². The molecule has 32 heavy (non-hydrogen) atoms. The lowest BCUT2D eigenvalue weighted by molar-refractivity contribution is -0.121. The first-order valence-corrected chi connectivity index (χ1v) is 11.5. The molecular formula is C23H25N5O3S. The number of rotatable bonds is 5. The number of piperidine rings is 1. The molecule has 2 N–H and O–H groups in total. The highest BCUT2D eigenvalue weighted by Crippen LogP contribution is 2.29. The van der Waals surface area contributed by atoms with Crippen LogP contribution in [0.3, 0.4) is 0 Å². The third-order valence-electron chi connectivity index (χ3n) is 5.38. The highest BCUT2D eigenvalue weighted by atomic mass is 32.2. The van der Waals surface area contributed by atoms with Crippen molar-refractivity contribution in [3.8, 4) is 0 Å². The van der Waals surface area contributed by atoms with E-state index in [2.05, 4.69) is 25.5 Å². The highest BCUT2D eigenvalue weighted by molar-refractivity contribution is 8.15. The summed E-state index contributed by atoms with van der Waals surface area (Å²) in [4.78, 5) is 47.9. The summed E-state index contributed by atoms with van der Waals surface area (Å²) in [6.45, 7) is 3.68. The van der Waals surface area contributed by atoms with Crippen molar-refractivity contribution >= 4 is 46.2 Å². The molecule has 0 saturated carbocycles. The first kappa shape index (κ1) is 22.0. The molecule has 1 atom stereocenters. The monoisotopic (exact) mass is 451 g/mol. The Morgan fingerprint density at radius 3 is 2.72 bits per heavy atom. The second kappa shape index (κ2) is 9.95. The van der Waals surface area contributed by atoms with Crippen LogP contribution in [0.4, 0.5) is 11.5 Å². The number of anilines is 2. The summed E-state index contributed by atoms with van der Waals surface area (Å²) >= 11 is 1.37. The lowest BCUT2D eigenvalue weighted by atomic mass is 10.1. The standard InChI is InChI=1S/C23H25N5O3S/c1-15-7-6-10-24-20(15)26-21(30)16-8-5-9-17(13-16)25-19(29)14-18-22(31)27-23(32-18)28-11-3-2-4-12-28/h5-10,13,18H,2-4,11-12,14H2,1H3,(H,25,29)(H,24,26,30)/t18-/m1/s1. The highest BCUT2D eigenvalue weighted by Gasteiger charge is 2.33. The Morgan fingerprint density at radius 1 is 1.12 bits per heavy atom. The van der Waals surface area contributed by atoms with Crippen LogP contribution in [0.2, 0.25) is 0 Å². The molecule has 0 spiro atoms. The lowest BCUT2D eigenvalue weighted by Gasteiger charge is -2.27. The van der Waals surface area contributed by atoms with Crippen LogP contribution in [0, 0.1) is 6.92 Å². The summed E-state index contributed by atoms with van der Waals surface area (Å²) in [7, 11) is 0. The average molecular weight is 452 g/mol. The number of benzene rings is 1. The van der Waals surface area contributed by atoms with Crippen LogP contribution in [0.15, 0.2) is 47.6 Å². The molecule has 166 valence electrons. The number of carbonyl (C=O) groups is 3. The van der Waals surface area contributed by atoms with Crippen molar-refractivity contribution in [2.45, 2.75) is 37.9 Å². The third-order valence-corrected chi connectivity index (χ3v) is 6.59. The zero-order valence-electron chi connectivity index (χ0n) is 17.8. The van der Waals surface area contributed by atoms with Gasteiger partial charge in [-0.1, -0.05) is 23.9 Å². The SMILES string of the molecule is Cc1cccnc1NC(=O)c1cccc(NC(=O)C[C@H]2SC(N3CCCCC3)=NC2=O)c1. The van der Waals surface area contributed by atoms with E-state index in [1.54, 1.807) is 36.5 Å². The molecule has 2 aliphatic heterocycles. The van der Waals surface area contributed by atoms with Crippen LogP contribution >= 0.6 is 11.8 Å². The number of nitrogens with zero attached hydrogens (tertiary/aromatic N) is 3. The van der Waals surface area contributed by atoms with E-state index in [-0.39, 0.29) is 24.1 Å². The number of pyridine rings is 1. The van der Waals surface area contributed by atoms with Crippen LogP contribution in [0.1, 0.15) is 41.6 Å². The van der Waals surface area contributed by atoms with Crippen molar-refractivity contribution in [3.05, 3.63) is 53.7 Å². The maximum Gasteiger partial charge on any atom is 0.262 e. The predicted molar refractivity (Wildman–Crippen MR) is 126 cm³/mol. The van der Waals surface area contributed by atoms with Gasteiger partial charge in [0.2, 0.25) is 5.91 Å². The smallest absolute Gasteiger partial charge is 0.262 e. The van der Waals surface area contributed by atoms with Gasteiger partial charge in [-0.05, 0) is 56.0 Å². The molecule has 3 heterocycles. The Balaban J connectivity index is 1.33. The Hall–Kier alpha value is -3.20. The van der Waals surface area contributed by atoms with Crippen molar-refractivity contribution in [3.63, 3.8) is 0 Å². The fourth-order valence-electron chi connectivity index (χ4n) is 3.64. The number of thioether (sulfide) groups is 1. The quantitative estimate of drug-likeness (QED) is 0.722. The molecule has 3 amide bonds. The van der Waals surface area contributed by atoms with E-state index < -0.39 is 5.25 Å². The van der Waals surface area contributed by atoms with Gasteiger partial charge in [0, 0.05) is 37.0 Å². The van der Waals surface area contributed by atoms with Gasteiger partial charge in [-0.3, -0.25) is 14.4 Å². The summed E-state index contributed by atoms with van der Waals surface area (Å²) in [6.07, 6.45) is 5.05. The number of amides is 3. The number of likely N-dealkylation sites (tertiary alicyclic amines) is 1. The Bertz CT molecular complexity index is 1070. The molecule has 9 heteroatoms. The van der Waals surface area contributed by atoms with Crippen molar-refractivity contribution in [2.24, 2.45) is 4.99 Å². The Kier molecular flexibility index (Phi) is 6.84. The van der Waals surface area contributed by atoms with Crippen molar-refractivity contribution < 1.29 is 14.4 Å². The van der Waals surface area contributed by atoms with Crippen LogP contribution in [-0.4, -0.2) is 51.1 Å². The van der Waals surface area contributed by atoms with Crippen molar-refractivity contribution in [2.75, 3.05) is 23.7 Å². The van der Waals surface area contributed by atoms with Gasteiger partial charge in [0.25, 0.3) is 11.8 Å². The molecule has 1 aromatic heterocycles. The number of aromatic nitrogens is 1. The Morgan fingerprint density at radius 2 is 1.94 bits per heavy atom. The number of hydrogen-bond donors (Lipinski definition) is 2. The van der Waals surface area contributed by atoms with Gasteiger partial charge >= 0.3 is 0 Å². The maximum absolute atomic E-state index is 12.6. The third kappa shape index (κ3) is 5.34. The summed E-state index contributed by atoms with van der Waals surface area (Å²) < 4.78 is 0. The van der Waals surface area contributed by atoms with Gasteiger partial charge < -0.3 is 15.5 Å². The van der Waals surface area contributed by atoms with Crippen LogP contribution in [0.5, 0.6) is 0 Å². The molecular weight excluding hydrogens is 426 g/mol. The molecule has 4 rings (SSSR count). The molecule has 2 aromatic rings. The summed E-state index contributed by atoms with van der Waals surface area (Å²) in [5, 5.41) is 5.79. The molecule has 1 aromatic carbocycles. The van der Waals surface area contributed by atoms with Crippen LogP contribution in [-0.2, 0) is 9.59 Å². The maximum atomic E-state index is 12.6. The second-order valence-electron chi connectivity index (χ2n) is 7.84. The largest absolute Gasteiger partial charge is 0.351 e. The number of carbonyl (C=O) groups excluding carboxylic acids is 3. The summed E-state index contributed by atoms with van der Waals surface area (Å²) in [5.74, 6) is -0.370. The molecule has 0 aliphatic carbocycles. The summed E-state index contributed by atoms with van der Waals surface area (Å²) in [5.41, 5.74) is 1.75. The molecule has 0 unspecified atom stereocenters. The van der Waals surface area contributed by atoms with Gasteiger partial charge in [-0.2, -0.15) is 4.99 Å². The van der Waals surface area contributed by atoms with Gasteiger partial charge in [-0.25, -0.2) is 4.98 Å². The van der Waals surface area contributed by atoms with Crippen molar-refractivity contribution in [1.29, 1.82) is 0 Å². The average Bonchev–Trinajstić information content (AvgIpc) is 3.16. The molecule has 2 aliphatic rings. The zero-order valence-corrected chi connectivity index (χ0v) is 18.7. The van der Waals surface area contributed by atoms with E-state index in [9.17, 15) is 14.4 Å². The van der Waals surface area contributed by atoms with E-state index in [4.69, 9.17) is 0 Å². The molecule has 8 nitrogen and oxygen atoms in total. The van der Waals surface area contributed by atoms with E-state index in [1.807, 2.05) is 13.0 Å². The number of aryl methyl sites for hydroxylation is 1. The molecule has 1 saturated heterocycles. The topological polar surface area (TPSA) is 104 Å². The number of nitrogens with one attached hydrogen (secondary N) is 2. The van der Waals surface area contributed by atoms with E-state index >= 15 is 0 Å². The minimum absolute atomic E-state index is 0.0356. The predicted octanol–water partition coefficient (Wildman–Crippen LogP) is 3.45. The normalized spacial score (nSPS) is 18.3. The minimum Gasteiger partial charge on any atom is -0.351 e. The Labute approximate surface area is 190 Å². The van der Waals surface area contributed by atoms with Crippen molar-refractivity contribution in [1.82, 2.24) is 9.88 Å². The van der Waals surface area contributed by atoms with E-state index in [0.717, 1.165) is 36.7 Å². The fraction of sp³-hybridized carbons (Fsp3) is 0.348. The van der Waals surface area contributed by atoms with Crippen LogP contribution in [0.25, 0.3) is 0 Å². The molecule has 0 radical (unpaired) electrons. The number of aliphatic imine (C=N–C) groups is 1. The minimum atomic E-state index is -0.509.